The van der Waals surface area contributed by atoms with Crippen molar-refractivity contribution in [2.75, 3.05) is 0 Å². The Kier molecular flexibility index (Phi) is 8.40. The summed E-state index contributed by atoms with van der Waals surface area (Å²) in [6.45, 7) is 0. The number of carboxylic acid groups (broad SMARTS) is 1. The Labute approximate surface area is 149 Å². The lowest BCUT2D eigenvalue weighted by Crippen LogP contribution is -2.48. The van der Waals surface area contributed by atoms with Crippen LogP contribution in [0.1, 0.15) is 0 Å². The van der Waals surface area contributed by atoms with Crippen molar-refractivity contribution in [3.63, 3.8) is 0 Å². The summed E-state index contributed by atoms with van der Waals surface area (Å²) in [7, 11) is 0. The Hall–Kier alpha value is -2.78. The Morgan fingerprint density at radius 1 is 0.846 bits per heavy atom. The largest absolute Gasteiger partial charge is 0.508 e. The molecule has 0 spiro atoms. The van der Waals surface area contributed by atoms with Gasteiger partial charge in [0.2, 0.25) is 0 Å². The van der Waals surface area contributed by atoms with Crippen LogP contribution < -0.4 is 0 Å². The first-order valence-corrected chi connectivity index (χ1v) is 7.52. The molecule has 0 saturated heterocycles. The number of phenols is 1. The van der Waals surface area contributed by atoms with Gasteiger partial charge in [0.15, 0.2) is 12.4 Å². The highest BCUT2D eigenvalue weighted by atomic mass is 16.4. The number of hydrogen-bond donors (Lipinski definition) is 6. The first-order chi connectivity index (χ1) is 12.3. The average Bonchev–Trinajstić information content (AvgIpc) is 2.66. The lowest BCUT2D eigenvalue weighted by atomic mass is 10.0. The topological polar surface area (TPSA) is 156 Å². The fourth-order valence-electron chi connectivity index (χ4n) is 1.93. The number of aliphatic carboxylic acids is 1. The molecule has 26 heavy (non-hydrogen) atoms. The van der Waals surface area contributed by atoms with Gasteiger partial charge in [-0.25, -0.2) is 4.79 Å². The van der Waals surface area contributed by atoms with Crippen LogP contribution in [-0.2, 0) is 9.59 Å². The quantitative estimate of drug-likeness (QED) is 0.384. The van der Waals surface area contributed by atoms with E-state index in [-0.39, 0.29) is 6.29 Å². The predicted octanol–water partition coefficient (Wildman–Crippen LogP) is -0.227. The van der Waals surface area contributed by atoms with Crippen LogP contribution in [0.25, 0.3) is 11.1 Å². The minimum atomic E-state index is -2.25. The van der Waals surface area contributed by atoms with Gasteiger partial charge < -0.3 is 35.4 Å². The van der Waals surface area contributed by atoms with Crippen molar-refractivity contribution in [1.29, 1.82) is 0 Å². The van der Waals surface area contributed by atoms with E-state index in [4.69, 9.17) is 25.5 Å². The molecule has 0 amide bonds. The number of benzene rings is 2. The Morgan fingerprint density at radius 3 is 1.92 bits per heavy atom. The highest BCUT2D eigenvalue weighted by Gasteiger charge is 2.33. The molecule has 2 aromatic carbocycles. The van der Waals surface area contributed by atoms with Gasteiger partial charge in [-0.05, 0) is 23.3 Å². The Balaban J connectivity index is 0.000000260. The van der Waals surface area contributed by atoms with Gasteiger partial charge in [-0.2, -0.15) is 0 Å². The molecule has 4 atom stereocenters. The van der Waals surface area contributed by atoms with Crippen LogP contribution in [0.2, 0.25) is 0 Å². The number of aromatic hydroxyl groups is 1. The number of carbonyl (C=O) groups excluding carboxylic acids is 1. The van der Waals surface area contributed by atoms with Crippen LogP contribution in [0.3, 0.4) is 0 Å². The van der Waals surface area contributed by atoms with Crippen molar-refractivity contribution in [2.45, 2.75) is 24.4 Å². The predicted molar refractivity (Wildman–Crippen MR) is 91.3 cm³/mol. The van der Waals surface area contributed by atoms with Gasteiger partial charge in [0.05, 0.1) is 0 Å². The van der Waals surface area contributed by atoms with Crippen molar-refractivity contribution in [2.24, 2.45) is 0 Å². The number of rotatable bonds is 6. The Bertz CT molecular complexity index is 703. The van der Waals surface area contributed by atoms with Crippen molar-refractivity contribution >= 4 is 12.3 Å². The average molecular weight is 364 g/mol. The number of carbonyl (C=O) groups is 2. The molecule has 2 rings (SSSR count). The van der Waals surface area contributed by atoms with Gasteiger partial charge in [0.1, 0.15) is 24.1 Å². The molecule has 0 heterocycles. The minimum Gasteiger partial charge on any atom is -0.508 e. The van der Waals surface area contributed by atoms with E-state index in [1.165, 1.54) is 0 Å². The number of phenolic OH excluding ortho intramolecular Hbond substituents is 1. The summed E-state index contributed by atoms with van der Waals surface area (Å²) in [6, 6.07) is 17.3. The molecule has 0 aromatic heterocycles. The van der Waals surface area contributed by atoms with Gasteiger partial charge in [-0.3, -0.25) is 0 Å². The van der Waals surface area contributed by atoms with Gasteiger partial charge in [-0.1, -0.05) is 42.5 Å². The summed E-state index contributed by atoms with van der Waals surface area (Å²) in [5.74, 6) is -1.45. The van der Waals surface area contributed by atoms with Crippen LogP contribution in [0.4, 0.5) is 0 Å². The van der Waals surface area contributed by atoms with Crippen molar-refractivity contribution < 1.29 is 40.2 Å². The third-order valence-electron chi connectivity index (χ3n) is 3.37. The second-order valence-corrected chi connectivity index (χ2v) is 5.31. The number of aliphatic hydroxyl groups is 4. The molecule has 8 nitrogen and oxygen atoms in total. The maximum absolute atomic E-state index is 10.1. The molecule has 0 fully saturated rings. The molecule has 140 valence electrons. The monoisotopic (exact) mass is 364 g/mol. The van der Waals surface area contributed by atoms with E-state index in [2.05, 4.69) is 0 Å². The molecule has 6 N–H and O–H groups in total. The third kappa shape index (κ3) is 6.26. The summed E-state index contributed by atoms with van der Waals surface area (Å²) in [5.41, 5.74) is 2.17. The molecule has 0 radical (unpaired) electrons. The van der Waals surface area contributed by atoms with E-state index in [0.717, 1.165) is 11.1 Å². The second-order valence-electron chi connectivity index (χ2n) is 5.31. The van der Waals surface area contributed by atoms with Crippen LogP contribution in [0.15, 0.2) is 54.6 Å². The maximum atomic E-state index is 10.1. The van der Waals surface area contributed by atoms with E-state index >= 15 is 0 Å². The molecule has 0 aliphatic carbocycles. The SMILES string of the molecule is O=CC(O)C(O)C(O)C(O)C(=O)O.Oc1cccc(-c2ccccc2)c1. The highest BCUT2D eigenvalue weighted by molar-refractivity contribution is 5.73. The van der Waals surface area contributed by atoms with Gasteiger partial charge in [-0.15, -0.1) is 0 Å². The van der Waals surface area contributed by atoms with Gasteiger partial charge >= 0.3 is 5.97 Å². The second kappa shape index (κ2) is 10.3. The van der Waals surface area contributed by atoms with Gasteiger partial charge in [0.25, 0.3) is 0 Å². The van der Waals surface area contributed by atoms with Crippen molar-refractivity contribution in [3.05, 3.63) is 54.6 Å². The maximum Gasteiger partial charge on any atom is 0.335 e. The van der Waals surface area contributed by atoms with Crippen LogP contribution in [0, 0.1) is 0 Å². The van der Waals surface area contributed by atoms with E-state index in [9.17, 15) is 14.7 Å². The van der Waals surface area contributed by atoms with E-state index in [1.807, 2.05) is 42.5 Å². The van der Waals surface area contributed by atoms with E-state index in [1.54, 1.807) is 12.1 Å². The molecule has 8 heteroatoms. The summed E-state index contributed by atoms with van der Waals surface area (Å²) in [4.78, 5) is 20.0. The van der Waals surface area contributed by atoms with Crippen LogP contribution in [-0.4, -0.2) is 67.3 Å². The van der Waals surface area contributed by atoms with Gasteiger partial charge in [0, 0.05) is 0 Å². The van der Waals surface area contributed by atoms with E-state index < -0.39 is 30.4 Å². The molecular formula is C18H20O8. The van der Waals surface area contributed by atoms with Crippen molar-refractivity contribution in [3.8, 4) is 16.9 Å². The standard InChI is InChI=1S/C12H10O.C6H10O7/c13-12-8-4-7-11(9-12)10-5-2-1-3-6-10;7-1-2(8)3(9)4(10)5(11)6(12)13/h1-9,13H;1-5,8-11H,(H,12,13). The first kappa shape index (κ1) is 21.3. The number of aliphatic hydroxyl groups excluding tert-OH is 4. The highest BCUT2D eigenvalue weighted by Crippen LogP contribution is 2.22. The molecule has 0 aliphatic heterocycles. The Morgan fingerprint density at radius 2 is 1.42 bits per heavy atom. The molecule has 4 unspecified atom stereocenters. The van der Waals surface area contributed by atoms with Crippen molar-refractivity contribution in [1.82, 2.24) is 0 Å². The minimum absolute atomic E-state index is 0.0809. The van der Waals surface area contributed by atoms with E-state index in [0.29, 0.717) is 5.75 Å². The molecule has 2 aromatic rings. The molecular weight excluding hydrogens is 344 g/mol. The van der Waals surface area contributed by atoms with Crippen LogP contribution >= 0.6 is 0 Å². The smallest absolute Gasteiger partial charge is 0.335 e. The summed E-state index contributed by atoms with van der Waals surface area (Å²) in [5, 5.41) is 52.5. The third-order valence-corrected chi connectivity index (χ3v) is 3.37. The zero-order valence-corrected chi connectivity index (χ0v) is 13.6. The number of aldehydes is 1. The fraction of sp³-hybridized carbons (Fsp3) is 0.222. The summed E-state index contributed by atoms with van der Waals surface area (Å²) < 4.78 is 0. The summed E-state index contributed by atoms with van der Waals surface area (Å²) >= 11 is 0. The number of hydrogen-bond acceptors (Lipinski definition) is 7. The fourth-order valence-corrected chi connectivity index (χ4v) is 1.93. The lowest BCUT2D eigenvalue weighted by molar-refractivity contribution is -0.163. The number of carboxylic acids is 1. The molecule has 0 bridgehead atoms. The zero-order valence-electron chi connectivity index (χ0n) is 13.6. The molecule has 0 saturated carbocycles. The lowest BCUT2D eigenvalue weighted by Gasteiger charge is -2.21. The molecule has 0 aliphatic rings. The zero-order chi connectivity index (χ0) is 19.7. The van der Waals surface area contributed by atoms with Crippen LogP contribution in [0.5, 0.6) is 5.75 Å². The normalized spacial score (nSPS) is 14.9. The first-order valence-electron chi connectivity index (χ1n) is 7.52. The summed E-state index contributed by atoms with van der Waals surface area (Å²) in [6.07, 6.45) is -8.39.